The number of likely N-dealkylation sites (tertiary alicyclic amines) is 1. The average molecular weight is 129 g/mol. The molecule has 1 fully saturated rings. The lowest BCUT2D eigenvalue weighted by atomic mass is 10.1. The fourth-order valence-corrected chi connectivity index (χ4v) is 0.954. The molecule has 1 rings (SSSR count). The molecule has 0 radical (unpaired) electrons. The summed E-state index contributed by atoms with van der Waals surface area (Å²) >= 11 is 0. The minimum Gasteiger partial charge on any atom is -0.385 e. The fraction of sp³-hybridized carbons (Fsp3) is 0.833. The molecule has 0 saturated carbocycles. The van der Waals surface area contributed by atoms with Crippen LogP contribution in [0.3, 0.4) is 0 Å². The standard InChI is InChI=1S/C6H11NO2/c1-7-3-2-5(8)6(9)4-7/h5,8H,2-4H2,1H3. The van der Waals surface area contributed by atoms with Gasteiger partial charge in [0.2, 0.25) is 0 Å². The molecule has 1 saturated heterocycles. The Kier molecular flexibility index (Phi) is 1.83. The molecule has 3 heteroatoms. The highest BCUT2D eigenvalue weighted by Gasteiger charge is 2.21. The van der Waals surface area contributed by atoms with Crippen LogP contribution in [0.25, 0.3) is 0 Å². The Hall–Kier alpha value is -0.410. The molecule has 1 heterocycles. The maximum Gasteiger partial charge on any atom is 0.175 e. The van der Waals surface area contributed by atoms with Gasteiger partial charge in [-0.05, 0) is 13.5 Å². The third-order valence-electron chi connectivity index (χ3n) is 1.58. The van der Waals surface area contributed by atoms with E-state index in [2.05, 4.69) is 0 Å². The van der Waals surface area contributed by atoms with Crippen LogP contribution in [-0.2, 0) is 4.79 Å². The molecule has 1 unspecified atom stereocenters. The van der Waals surface area contributed by atoms with Crippen molar-refractivity contribution in [3.8, 4) is 0 Å². The first-order valence-corrected chi connectivity index (χ1v) is 3.09. The van der Waals surface area contributed by atoms with Crippen molar-refractivity contribution in [1.82, 2.24) is 4.90 Å². The van der Waals surface area contributed by atoms with Crippen LogP contribution in [0.4, 0.5) is 0 Å². The molecule has 0 aromatic heterocycles. The van der Waals surface area contributed by atoms with Gasteiger partial charge in [-0.25, -0.2) is 0 Å². The molecular formula is C6H11NO2. The molecular weight excluding hydrogens is 118 g/mol. The molecule has 1 aliphatic rings. The molecule has 1 atom stereocenters. The molecule has 0 aliphatic carbocycles. The molecule has 3 nitrogen and oxygen atoms in total. The number of ketones is 1. The van der Waals surface area contributed by atoms with Crippen LogP contribution in [0.5, 0.6) is 0 Å². The first kappa shape index (κ1) is 6.71. The lowest BCUT2D eigenvalue weighted by Crippen LogP contribution is -2.41. The van der Waals surface area contributed by atoms with E-state index in [1.165, 1.54) is 0 Å². The zero-order chi connectivity index (χ0) is 6.85. The highest BCUT2D eigenvalue weighted by Crippen LogP contribution is 2.03. The number of hydrogen-bond donors (Lipinski definition) is 1. The van der Waals surface area contributed by atoms with Crippen LogP contribution in [0.2, 0.25) is 0 Å². The van der Waals surface area contributed by atoms with E-state index in [4.69, 9.17) is 5.11 Å². The van der Waals surface area contributed by atoms with Crippen molar-refractivity contribution in [2.75, 3.05) is 20.1 Å². The first-order valence-electron chi connectivity index (χ1n) is 3.09. The fourth-order valence-electron chi connectivity index (χ4n) is 0.954. The van der Waals surface area contributed by atoms with Gasteiger partial charge in [0.05, 0.1) is 6.54 Å². The maximum atomic E-state index is 10.7. The summed E-state index contributed by atoms with van der Waals surface area (Å²) in [5, 5.41) is 8.92. The molecule has 1 aliphatic heterocycles. The van der Waals surface area contributed by atoms with Crippen molar-refractivity contribution in [1.29, 1.82) is 0 Å². The SMILES string of the molecule is CN1CCC(O)C(=O)C1. The van der Waals surface area contributed by atoms with Crippen molar-refractivity contribution >= 4 is 5.78 Å². The Bertz CT molecular complexity index is 124. The number of hydrogen-bond acceptors (Lipinski definition) is 3. The van der Waals surface area contributed by atoms with Crippen LogP contribution in [-0.4, -0.2) is 42.0 Å². The highest BCUT2D eigenvalue weighted by atomic mass is 16.3. The van der Waals surface area contributed by atoms with E-state index >= 15 is 0 Å². The second-order valence-corrected chi connectivity index (χ2v) is 2.51. The van der Waals surface area contributed by atoms with Gasteiger partial charge in [0, 0.05) is 6.54 Å². The van der Waals surface area contributed by atoms with Gasteiger partial charge in [0.1, 0.15) is 6.10 Å². The summed E-state index contributed by atoms with van der Waals surface area (Å²) in [5.41, 5.74) is 0. The summed E-state index contributed by atoms with van der Waals surface area (Å²) in [7, 11) is 1.88. The van der Waals surface area contributed by atoms with Gasteiger partial charge in [-0.2, -0.15) is 0 Å². The predicted octanol–water partition coefficient (Wildman–Crippen LogP) is -0.748. The van der Waals surface area contributed by atoms with Crippen molar-refractivity contribution in [3.63, 3.8) is 0 Å². The number of aliphatic hydroxyl groups excluding tert-OH is 1. The molecule has 0 bridgehead atoms. The van der Waals surface area contributed by atoms with Gasteiger partial charge in [-0.1, -0.05) is 0 Å². The second-order valence-electron chi connectivity index (χ2n) is 2.51. The van der Waals surface area contributed by atoms with Crippen molar-refractivity contribution in [2.45, 2.75) is 12.5 Å². The number of Topliss-reactive ketones (excluding diaryl/α,β-unsaturated/α-hetero) is 1. The van der Waals surface area contributed by atoms with Crippen LogP contribution in [0.1, 0.15) is 6.42 Å². The number of carbonyl (C=O) groups is 1. The average Bonchev–Trinajstić information content (AvgIpc) is 1.80. The van der Waals surface area contributed by atoms with Gasteiger partial charge < -0.3 is 5.11 Å². The molecule has 0 amide bonds. The van der Waals surface area contributed by atoms with E-state index < -0.39 is 6.10 Å². The lowest BCUT2D eigenvalue weighted by Gasteiger charge is -2.23. The summed E-state index contributed by atoms with van der Waals surface area (Å²) in [5.74, 6) is -0.0521. The monoisotopic (exact) mass is 129 g/mol. The van der Waals surface area contributed by atoms with Gasteiger partial charge in [-0.3, -0.25) is 9.69 Å². The molecule has 9 heavy (non-hydrogen) atoms. The minimum atomic E-state index is -0.693. The summed E-state index contributed by atoms with van der Waals surface area (Å²) in [6.45, 7) is 1.23. The Balaban J connectivity index is 2.44. The van der Waals surface area contributed by atoms with Gasteiger partial charge in [0.25, 0.3) is 0 Å². The van der Waals surface area contributed by atoms with Crippen LogP contribution in [0.15, 0.2) is 0 Å². The van der Waals surface area contributed by atoms with Gasteiger partial charge in [-0.15, -0.1) is 0 Å². The number of carbonyl (C=O) groups excluding carboxylic acids is 1. The minimum absolute atomic E-state index is 0.0521. The van der Waals surface area contributed by atoms with Crippen LogP contribution in [0, 0.1) is 0 Å². The van der Waals surface area contributed by atoms with E-state index in [0.29, 0.717) is 13.0 Å². The quantitative estimate of drug-likeness (QED) is 0.468. The summed E-state index contributed by atoms with van der Waals surface area (Å²) in [6.07, 6.45) is -0.101. The summed E-state index contributed by atoms with van der Waals surface area (Å²) in [6, 6.07) is 0. The first-order chi connectivity index (χ1) is 4.20. The summed E-state index contributed by atoms with van der Waals surface area (Å²) < 4.78 is 0. The molecule has 1 N–H and O–H groups in total. The number of piperidine rings is 1. The topological polar surface area (TPSA) is 40.5 Å². The predicted molar refractivity (Wildman–Crippen MR) is 33.1 cm³/mol. The van der Waals surface area contributed by atoms with Crippen LogP contribution < -0.4 is 0 Å². The maximum absolute atomic E-state index is 10.7. The van der Waals surface area contributed by atoms with Crippen molar-refractivity contribution < 1.29 is 9.90 Å². The third kappa shape index (κ3) is 1.50. The lowest BCUT2D eigenvalue weighted by molar-refractivity contribution is -0.131. The Morgan fingerprint density at radius 2 is 2.44 bits per heavy atom. The number of rotatable bonds is 0. The van der Waals surface area contributed by atoms with Gasteiger partial charge in [0.15, 0.2) is 5.78 Å². The number of aliphatic hydroxyl groups is 1. The van der Waals surface area contributed by atoms with Crippen LogP contribution >= 0.6 is 0 Å². The number of nitrogens with zero attached hydrogens (tertiary/aromatic N) is 1. The smallest absolute Gasteiger partial charge is 0.175 e. The molecule has 0 spiro atoms. The number of likely N-dealkylation sites (N-methyl/N-ethyl adjacent to an activating group) is 1. The highest BCUT2D eigenvalue weighted by molar-refractivity contribution is 5.85. The van der Waals surface area contributed by atoms with E-state index in [1.54, 1.807) is 0 Å². The molecule has 52 valence electrons. The van der Waals surface area contributed by atoms with E-state index in [-0.39, 0.29) is 5.78 Å². The Morgan fingerprint density at radius 3 is 2.89 bits per heavy atom. The van der Waals surface area contributed by atoms with Crippen molar-refractivity contribution in [2.24, 2.45) is 0 Å². The van der Waals surface area contributed by atoms with E-state index in [9.17, 15) is 4.79 Å². The van der Waals surface area contributed by atoms with E-state index in [1.807, 2.05) is 11.9 Å². The Labute approximate surface area is 54.3 Å². The third-order valence-corrected chi connectivity index (χ3v) is 1.58. The Morgan fingerprint density at radius 1 is 1.78 bits per heavy atom. The normalized spacial score (nSPS) is 30.9. The summed E-state index contributed by atoms with van der Waals surface area (Å²) in [4.78, 5) is 12.6. The largest absolute Gasteiger partial charge is 0.385 e. The van der Waals surface area contributed by atoms with Gasteiger partial charge >= 0.3 is 0 Å². The second kappa shape index (κ2) is 2.45. The zero-order valence-corrected chi connectivity index (χ0v) is 5.50. The van der Waals surface area contributed by atoms with Crippen molar-refractivity contribution in [3.05, 3.63) is 0 Å². The molecule has 0 aromatic carbocycles. The zero-order valence-electron chi connectivity index (χ0n) is 5.50. The van der Waals surface area contributed by atoms with E-state index in [0.717, 1.165) is 6.54 Å². The molecule has 0 aromatic rings.